The van der Waals surface area contributed by atoms with Gasteiger partial charge in [-0.05, 0) is 16.5 Å². The minimum absolute atomic E-state index is 0.0381. The number of benzene rings is 2. The molecule has 0 N–H and O–H groups in total. The molecule has 0 aromatic heterocycles. The topological polar surface area (TPSA) is 43.4 Å². The minimum atomic E-state index is -0.398. The van der Waals surface area contributed by atoms with Gasteiger partial charge in [0.2, 0.25) is 0 Å². The summed E-state index contributed by atoms with van der Waals surface area (Å²) < 4.78 is 5.13. The van der Waals surface area contributed by atoms with Gasteiger partial charge in [0.25, 0.3) is 0 Å². The molecule has 132 valence electrons. The number of carbonyl (C=O) groups is 2. The number of ketones is 1. The maximum Gasteiger partial charge on any atom is 0.307 e. The summed E-state index contributed by atoms with van der Waals surface area (Å²) in [5.74, 6) is -0.593. The summed E-state index contributed by atoms with van der Waals surface area (Å²) in [5, 5.41) is 0. The largest absolute Gasteiger partial charge is 0.457 e. The van der Waals surface area contributed by atoms with Crippen molar-refractivity contribution in [2.75, 3.05) is 6.61 Å². The van der Waals surface area contributed by atoms with Gasteiger partial charge in [-0.15, -0.1) is 0 Å². The Hall–Kier alpha value is -1.94. The van der Waals surface area contributed by atoms with Gasteiger partial charge >= 0.3 is 5.97 Å². The Morgan fingerprint density at radius 1 is 1.00 bits per heavy atom. The maximum absolute atomic E-state index is 12.2. The van der Waals surface area contributed by atoms with Gasteiger partial charge in [0.05, 0.1) is 6.42 Å². The Kier molecular flexibility index (Phi) is 6.54. The Bertz CT molecular complexity index is 715. The molecule has 0 fully saturated rings. The van der Waals surface area contributed by atoms with Crippen LogP contribution in [0.5, 0.6) is 0 Å². The Morgan fingerprint density at radius 3 is 2.16 bits per heavy atom. The molecule has 1 atom stereocenters. The molecule has 0 spiro atoms. The fraction of sp³-hybridized carbons (Fsp3) is 0.333. The smallest absolute Gasteiger partial charge is 0.307 e. The van der Waals surface area contributed by atoms with Gasteiger partial charge in [-0.3, -0.25) is 9.59 Å². The van der Waals surface area contributed by atoms with Crippen molar-refractivity contribution < 1.29 is 14.3 Å². The standard InChI is InChI=1S/C21H23BrO3/c1-21(2,3)17-11-9-16(10-12-17)19(23)14-25-20(24)13-18(22)15-7-5-4-6-8-15/h4-12,18H,13-14H2,1-3H3. The number of alkyl halides is 1. The van der Waals surface area contributed by atoms with Crippen LogP contribution in [-0.2, 0) is 14.9 Å². The average Bonchev–Trinajstić information content (AvgIpc) is 2.59. The number of ether oxygens (including phenoxy) is 1. The lowest BCUT2D eigenvalue weighted by molar-refractivity contribution is -0.142. The lowest BCUT2D eigenvalue weighted by atomic mass is 9.86. The predicted molar refractivity (Wildman–Crippen MR) is 103 cm³/mol. The lowest BCUT2D eigenvalue weighted by Crippen LogP contribution is -2.16. The molecule has 4 heteroatoms. The van der Waals surface area contributed by atoms with E-state index in [-0.39, 0.29) is 29.1 Å². The van der Waals surface area contributed by atoms with Gasteiger partial charge in [0.1, 0.15) is 0 Å². The van der Waals surface area contributed by atoms with E-state index in [2.05, 4.69) is 36.7 Å². The molecule has 2 aromatic carbocycles. The number of esters is 1. The van der Waals surface area contributed by atoms with Crippen LogP contribution in [0.3, 0.4) is 0 Å². The second-order valence-corrected chi connectivity index (χ2v) is 8.10. The molecule has 0 bridgehead atoms. The highest BCUT2D eigenvalue weighted by Gasteiger charge is 2.17. The second kappa shape index (κ2) is 8.43. The number of carbonyl (C=O) groups excluding carboxylic acids is 2. The Balaban J connectivity index is 1.86. The molecule has 1 unspecified atom stereocenters. The van der Waals surface area contributed by atoms with E-state index in [1.807, 2.05) is 42.5 Å². The van der Waals surface area contributed by atoms with Crippen LogP contribution in [0, 0.1) is 0 Å². The van der Waals surface area contributed by atoms with Crippen molar-refractivity contribution in [1.29, 1.82) is 0 Å². The van der Waals surface area contributed by atoms with Crippen molar-refractivity contribution in [2.45, 2.75) is 37.4 Å². The molecule has 0 saturated heterocycles. The van der Waals surface area contributed by atoms with Crippen molar-refractivity contribution in [3.05, 3.63) is 71.3 Å². The normalized spacial score (nSPS) is 12.5. The van der Waals surface area contributed by atoms with Gasteiger partial charge in [0, 0.05) is 10.4 Å². The summed E-state index contributed by atoms with van der Waals surface area (Å²) in [4.78, 5) is 24.0. The van der Waals surface area contributed by atoms with Crippen molar-refractivity contribution >= 4 is 27.7 Å². The molecule has 0 amide bonds. The summed E-state index contributed by atoms with van der Waals surface area (Å²) in [6, 6.07) is 17.1. The number of halogens is 1. The maximum atomic E-state index is 12.2. The van der Waals surface area contributed by atoms with Crippen LogP contribution < -0.4 is 0 Å². The van der Waals surface area contributed by atoms with Crippen LogP contribution in [0.15, 0.2) is 54.6 Å². The van der Waals surface area contributed by atoms with Gasteiger partial charge in [-0.25, -0.2) is 0 Å². The molecule has 0 heterocycles. The highest BCUT2D eigenvalue weighted by atomic mass is 79.9. The fourth-order valence-electron chi connectivity index (χ4n) is 2.37. The highest BCUT2D eigenvalue weighted by molar-refractivity contribution is 9.09. The van der Waals surface area contributed by atoms with E-state index in [1.165, 1.54) is 0 Å². The first-order valence-corrected chi connectivity index (χ1v) is 9.17. The third kappa shape index (κ3) is 5.82. The van der Waals surface area contributed by atoms with Crippen LogP contribution in [0.1, 0.15) is 53.5 Å². The zero-order valence-electron chi connectivity index (χ0n) is 14.8. The zero-order valence-corrected chi connectivity index (χ0v) is 16.4. The fourth-order valence-corrected chi connectivity index (χ4v) is 2.94. The molecular weight excluding hydrogens is 380 g/mol. The average molecular weight is 403 g/mol. The van der Waals surface area contributed by atoms with E-state index < -0.39 is 5.97 Å². The molecule has 2 aromatic rings. The van der Waals surface area contributed by atoms with Crippen LogP contribution in [0.4, 0.5) is 0 Å². The molecule has 0 radical (unpaired) electrons. The van der Waals surface area contributed by atoms with E-state index in [0.29, 0.717) is 5.56 Å². The molecule has 0 aliphatic heterocycles. The van der Waals surface area contributed by atoms with E-state index in [9.17, 15) is 9.59 Å². The van der Waals surface area contributed by atoms with Crippen LogP contribution in [0.2, 0.25) is 0 Å². The van der Waals surface area contributed by atoms with Gasteiger partial charge in [-0.2, -0.15) is 0 Å². The SMILES string of the molecule is CC(C)(C)c1ccc(C(=O)COC(=O)CC(Br)c2ccccc2)cc1. The highest BCUT2D eigenvalue weighted by Crippen LogP contribution is 2.26. The van der Waals surface area contributed by atoms with E-state index in [1.54, 1.807) is 12.1 Å². The molecule has 3 nitrogen and oxygen atoms in total. The summed E-state index contributed by atoms with van der Waals surface area (Å²) in [5.41, 5.74) is 2.75. The molecular formula is C21H23BrO3. The third-order valence-corrected chi connectivity index (χ3v) is 4.80. The lowest BCUT2D eigenvalue weighted by Gasteiger charge is -2.19. The first kappa shape index (κ1) is 19.4. The number of Topliss-reactive ketones (excluding diaryl/α,β-unsaturated/α-hetero) is 1. The monoisotopic (exact) mass is 402 g/mol. The number of hydrogen-bond donors (Lipinski definition) is 0. The predicted octanol–water partition coefficient (Wildman–Crippen LogP) is 5.24. The second-order valence-electron chi connectivity index (χ2n) is 6.99. The number of rotatable bonds is 6. The van der Waals surface area contributed by atoms with Crippen molar-refractivity contribution in [3.8, 4) is 0 Å². The van der Waals surface area contributed by atoms with Gasteiger partial charge in [0.15, 0.2) is 12.4 Å². The first-order valence-electron chi connectivity index (χ1n) is 8.26. The molecule has 25 heavy (non-hydrogen) atoms. The molecule has 2 rings (SSSR count). The van der Waals surface area contributed by atoms with Crippen molar-refractivity contribution in [1.82, 2.24) is 0 Å². The van der Waals surface area contributed by atoms with E-state index >= 15 is 0 Å². The summed E-state index contributed by atoms with van der Waals surface area (Å²) in [6.07, 6.45) is 0.181. The summed E-state index contributed by atoms with van der Waals surface area (Å²) >= 11 is 3.48. The molecule has 0 aliphatic rings. The Labute approximate surface area is 157 Å². The van der Waals surface area contributed by atoms with E-state index in [0.717, 1.165) is 11.1 Å². The summed E-state index contributed by atoms with van der Waals surface area (Å²) in [7, 11) is 0. The van der Waals surface area contributed by atoms with Crippen LogP contribution in [0.25, 0.3) is 0 Å². The third-order valence-electron chi connectivity index (χ3n) is 3.94. The van der Waals surface area contributed by atoms with E-state index in [4.69, 9.17) is 4.74 Å². The molecule has 0 aliphatic carbocycles. The van der Waals surface area contributed by atoms with Crippen molar-refractivity contribution in [3.63, 3.8) is 0 Å². The summed E-state index contributed by atoms with van der Waals surface area (Å²) in [6.45, 7) is 6.13. The Morgan fingerprint density at radius 2 is 1.60 bits per heavy atom. The quantitative estimate of drug-likeness (QED) is 0.377. The minimum Gasteiger partial charge on any atom is -0.457 e. The zero-order chi connectivity index (χ0) is 18.4. The first-order chi connectivity index (χ1) is 11.8. The van der Waals surface area contributed by atoms with Crippen LogP contribution >= 0.6 is 15.9 Å². The molecule has 0 saturated carbocycles. The van der Waals surface area contributed by atoms with Crippen LogP contribution in [-0.4, -0.2) is 18.4 Å². The van der Waals surface area contributed by atoms with Crippen molar-refractivity contribution in [2.24, 2.45) is 0 Å². The van der Waals surface area contributed by atoms with Gasteiger partial charge < -0.3 is 4.74 Å². The van der Waals surface area contributed by atoms with Gasteiger partial charge in [-0.1, -0.05) is 91.3 Å². The number of hydrogen-bond acceptors (Lipinski definition) is 3.